The van der Waals surface area contributed by atoms with Gasteiger partial charge in [0.15, 0.2) is 0 Å². The van der Waals surface area contributed by atoms with Crippen molar-refractivity contribution in [3.05, 3.63) is 35.2 Å². The van der Waals surface area contributed by atoms with Gasteiger partial charge in [0, 0.05) is 5.56 Å². The largest absolute Gasteiger partial charge is 0.370 e. The van der Waals surface area contributed by atoms with Gasteiger partial charge in [-0.3, -0.25) is 4.79 Å². The maximum Gasteiger partial charge on any atom is 0.251 e. The third-order valence-electron chi connectivity index (χ3n) is 4.72. The molecule has 6 nitrogen and oxygen atoms in total. The van der Waals surface area contributed by atoms with Gasteiger partial charge < -0.3 is 15.0 Å². The molecular weight excluding hydrogens is 316 g/mol. The van der Waals surface area contributed by atoms with E-state index in [0.29, 0.717) is 12.1 Å². The van der Waals surface area contributed by atoms with E-state index in [4.69, 9.17) is 9.72 Å². The van der Waals surface area contributed by atoms with Crippen molar-refractivity contribution in [2.75, 3.05) is 39.4 Å². The second kappa shape index (κ2) is 8.36. The number of carbonyl (C=O) groups excluding carboxylic acids is 1. The van der Waals surface area contributed by atoms with Gasteiger partial charge in [-0.05, 0) is 31.0 Å². The lowest BCUT2D eigenvalue weighted by Gasteiger charge is -2.23. The number of rotatable bonds is 6. The molecule has 0 atom stereocenters. The highest BCUT2D eigenvalue weighted by Gasteiger charge is 2.14. The summed E-state index contributed by atoms with van der Waals surface area (Å²) in [4.78, 5) is 23.3. The molecular formula is C19H27N4O2+. The fourth-order valence-corrected chi connectivity index (χ4v) is 3.20. The van der Waals surface area contributed by atoms with Crippen LogP contribution in [-0.4, -0.2) is 55.3 Å². The lowest BCUT2D eigenvalue weighted by molar-refractivity contribution is -0.906. The van der Waals surface area contributed by atoms with Crippen molar-refractivity contribution in [3.8, 4) is 0 Å². The Balaban J connectivity index is 1.66. The van der Waals surface area contributed by atoms with E-state index < -0.39 is 0 Å². The van der Waals surface area contributed by atoms with Gasteiger partial charge in [0.25, 0.3) is 5.91 Å². The van der Waals surface area contributed by atoms with Crippen LogP contribution < -0.4 is 10.2 Å². The topological polar surface area (TPSA) is 68.5 Å². The maximum absolute atomic E-state index is 12.4. The number of amides is 1. The Hall–Kier alpha value is -2.05. The van der Waals surface area contributed by atoms with E-state index in [-0.39, 0.29) is 5.91 Å². The van der Waals surface area contributed by atoms with E-state index in [9.17, 15) is 4.79 Å². The quantitative estimate of drug-likeness (QED) is 0.797. The van der Waals surface area contributed by atoms with Gasteiger partial charge in [-0.25, -0.2) is 9.97 Å². The number of hydrogen-bond acceptors (Lipinski definition) is 4. The monoisotopic (exact) mass is 343 g/mol. The second-order valence-electron chi connectivity index (χ2n) is 6.40. The minimum atomic E-state index is -0.0472. The molecule has 1 saturated heterocycles. The van der Waals surface area contributed by atoms with Crippen molar-refractivity contribution in [3.63, 3.8) is 0 Å². The summed E-state index contributed by atoms with van der Waals surface area (Å²) in [6.07, 6.45) is 1.73. The van der Waals surface area contributed by atoms with Crippen LogP contribution in [0.5, 0.6) is 0 Å². The van der Waals surface area contributed by atoms with Crippen molar-refractivity contribution in [2.24, 2.45) is 0 Å². The Bertz CT molecular complexity index is 742. The molecule has 0 unspecified atom stereocenters. The maximum atomic E-state index is 12.4. The first-order chi connectivity index (χ1) is 12.2. The number of carbonyl (C=O) groups is 1. The minimum Gasteiger partial charge on any atom is -0.370 e. The van der Waals surface area contributed by atoms with Crippen LogP contribution >= 0.6 is 0 Å². The van der Waals surface area contributed by atoms with Crippen LogP contribution in [0.15, 0.2) is 18.2 Å². The molecule has 25 heavy (non-hydrogen) atoms. The number of morpholine rings is 1. The molecule has 1 aliphatic heterocycles. The van der Waals surface area contributed by atoms with Crippen molar-refractivity contribution in [2.45, 2.75) is 26.7 Å². The van der Waals surface area contributed by atoms with E-state index in [1.165, 1.54) is 4.90 Å². The predicted octanol–water partition coefficient (Wildman–Crippen LogP) is 0.400. The number of benzene rings is 1. The summed E-state index contributed by atoms with van der Waals surface area (Å²) in [5.41, 5.74) is 4.35. The van der Waals surface area contributed by atoms with Crippen LogP contribution in [-0.2, 0) is 17.6 Å². The molecule has 1 aliphatic rings. The summed E-state index contributed by atoms with van der Waals surface area (Å²) in [7, 11) is 0. The molecule has 134 valence electrons. The van der Waals surface area contributed by atoms with E-state index >= 15 is 0 Å². The molecule has 1 amide bonds. The van der Waals surface area contributed by atoms with Crippen molar-refractivity contribution in [1.82, 2.24) is 15.3 Å². The van der Waals surface area contributed by atoms with Gasteiger partial charge in [-0.1, -0.05) is 13.8 Å². The lowest BCUT2D eigenvalue weighted by atomic mass is 10.1. The summed E-state index contributed by atoms with van der Waals surface area (Å²) in [5, 5.41) is 3.01. The molecule has 0 bridgehead atoms. The van der Waals surface area contributed by atoms with E-state index in [1.807, 2.05) is 18.2 Å². The van der Waals surface area contributed by atoms with E-state index in [0.717, 1.165) is 68.1 Å². The molecule has 1 fully saturated rings. The van der Waals surface area contributed by atoms with Crippen molar-refractivity contribution < 1.29 is 14.4 Å². The molecule has 0 aliphatic carbocycles. The van der Waals surface area contributed by atoms with Gasteiger partial charge >= 0.3 is 0 Å². The molecule has 2 N–H and O–H groups in total. The number of aryl methyl sites for hydroxylation is 2. The summed E-state index contributed by atoms with van der Waals surface area (Å²) in [5.74, 6) is -0.0472. The van der Waals surface area contributed by atoms with E-state index in [1.54, 1.807) is 0 Å². The number of nitrogens with zero attached hydrogens (tertiary/aromatic N) is 2. The van der Waals surface area contributed by atoms with Gasteiger partial charge in [0.05, 0.1) is 48.7 Å². The molecule has 2 aromatic rings. The fraction of sp³-hybridized carbons (Fsp3) is 0.526. The first kappa shape index (κ1) is 17.8. The highest BCUT2D eigenvalue weighted by atomic mass is 16.5. The Kier molecular flexibility index (Phi) is 5.94. The normalized spacial score (nSPS) is 15.4. The third kappa shape index (κ3) is 4.32. The number of ether oxygens (including phenoxy) is 1. The van der Waals surface area contributed by atoms with Gasteiger partial charge in [-0.2, -0.15) is 0 Å². The van der Waals surface area contributed by atoms with Gasteiger partial charge in [0.2, 0.25) is 0 Å². The summed E-state index contributed by atoms with van der Waals surface area (Å²) in [6, 6.07) is 5.57. The summed E-state index contributed by atoms with van der Waals surface area (Å²) >= 11 is 0. The molecule has 0 radical (unpaired) electrons. The second-order valence-corrected chi connectivity index (χ2v) is 6.40. The zero-order valence-corrected chi connectivity index (χ0v) is 15.1. The van der Waals surface area contributed by atoms with Crippen molar-refractivity contribution >= 4 is 16.9 Å². The Morgan fingerprint density at radius 3 is 2.48 bits per heavy atom. The zero-order valence-electron chi connectivity index (χ0n) is 15.1. The van der Waals surface area contributed by atoms with E-state index in [2.05, 4.69) is 24.1 Å². The zero-order chi connectivity index (χ0) is 17.6. The number of nitrogens with one attached hydrogen (secondary N) is 2. The molecule has 1 aromatic heterocycles. The van der Waals surface area contributed by atoms with Crippen LogP contribution in [0.25, 0.3) is 11.0 Å². The Labute approximate surface area is 148 Å². The number of fused-ring (bicyclic) bond motifs is 1. The third-order valence-corrected chi connectivity index (χ3v) is 4.72. The standard InChI is InChI=1S/C19H26N4O2/c1-3-15-16(4-2)22-18-13-14(5-6-17(18)21-15)19(24)20-7-8-23-9-11-25-12-10-23/h5-6,13H,3-4,7-12H2,1-2H3,(H,20,24)/p+1. The molecule has 6 heteroatoms. The van der Waals surface area contributed by atoms with Crippen molar-refractivity contribution in [1.29, 1.82) is 0 Å². The van der Waals surface area contributed by atoms with Gasteiger partial charge in [-0.15, -0.1) is 0 Å². The number of aromatic nitrogens is 2. The molecule has 0 saturated carbocycles. The molecule has 3 rings (SSSR count). The summed E-state index contributed by atoms with van der Waals surface area (Å²) in [6.45, 7) is 9.43. The van der Waals surface area contributed by atoms with Crippen LogP contribution in [0.1, 0.15) is 35.6 Å². The fourth-order valence-electron chi connectivity index (χ4n) is 3.20. The molecule has 0 spiro atoms. The molecule has 1 aromatic carbocycles. The Morgan fingerprint density at radius 2 is 1.80 bits per heavy atom. The van der Waals surface area contributed by atoms with Crippen LogP contribution in [0, 0.1) is 0 Å². The first-order valence-corrected chi connectivity index (χ1v) is 9.20. The SMILES string of the molecule is CCc1nc2ccc(C(=O)NCC[NH+]3CCOCC3)cc2nc1CC. The van der Waals surface area contributed by atoms with Crippen LogP contribution in [0.3, 0.4) is 0 Å². The highest BCUT2D eigenvalue weighted by Crippen LogP contribution is 2.16. The van der Waals surface area contributed by atoms with Crippen LogP contribution in [0.2, 0.25) is 0 Å². The number of quaternary nitrogens is 1. The summed E-state index contributed by atoms with van der Waals surface area (Å²) < 4.78 is 5.35. The average molecular weight is 343 g/mol. The average Bonchev–Trinajstić information content (AvgIpc) is 2.67. The first-order valence-electron chi connectivity index (χ1n) is 9.20. The van der Waals surface area contributed by atoms with Gasteiger partial charge in [0.1, 0.15) is 13.1 Å². The number of hydrogen-bond donors (Lipinski definition) is 2. The van der Waals surface area contributed by atoms with Crippen LogP contribution in [0.4, 0.5) is 0 Å². The highest BCUT2D eigenvalue weighted by molar-refractivity contribution is 5.97. The predicted molar refractivity (Wildman–Crippen MR) is 97.0 cm³/mol. The Morgan fingerprint density at radius 1 is 1.12 bits per heavy atom. The lowest BCUT2D eigenvalue weighted by Crippen LogP contribution is -3.14. The minimum absolute atomic E-state index is 0.0472. The smallest absolute Gasteiger partial charge is 0.251 e. The molecule has 2 heterocycles.